The summed E-state index contributed by atoms with van der Waals surface area (Å²) >= 11 is 1.43. The Kier molecular flexibility index (Phi) is 5.64. The van der Waals surface area contributed by atoms with E-state index in [4.69, 9.17) is 10.5 Å². The van der Waals surface area contributed by atoms with Gasteiger partial charge in [-0.05, 0) is 44.0 Å². The lowest BCUT2D eigenvalue weighted by Gasteiger charge is -2.53. The fourth-order valence-corrected chi connectivity index (χ4v) is 4.59. The first kappa shape index (κ1) is 21.2. The Morgan fingerprint density at radius 1 is 1.41 bits per heavy atom. The maximum absolute atomic E-state index is 12.7. The number of rotatable bonds is 4. The van der Waals surface area contributed by atoms with E-state index in [9.17, 15) is 19.5 Å². The molecule has 4 N–H and O–H groups in total. The van der Waals surface area contributed by atoms with Crippen LogP contribution in [-0.4, -0.2) is 56.6 Å². The number of hydrogen-bond acceptors (Lipinski definition) is 7. The van der Waals surface area contributed by atoms with Crippen LogP contribution in [0.25, 0.3) is 0 Å². The molecule has 0 bridgehead atoms. The van der Waals surface area contributed by atoms with E-state index in [2.05, 4.69) is 11.9 Å². The van der Waals surface area contributed by atoms with Crippen molar-refractivity contribution in [2.24, 2.45) is 5.73 Å². The van der Waals surface area contributed by atoms with E-state index < -0.39 is 41.0 Å². The summed E-state index contributed by atoms with van der Waals surface area (Å²) in [6.45, 7) is 9.18. The van der Waals surface area contributed by atoms with Crippen molar-refractivity contribution in [2.75, 3.05) is 5.75 Å². The van der Waals surface area contributed by atoms with Crippen molar-refractivity contribution in [3.63, 3.8) is 0 Å². The molecular weight excluding hydrogens is 394 g/mol. The van der Waals surface area contributed by atoms with Gasteiger partial charge in [0.1, 0.15) is 28.8 Å². The summed E-state index contributed by atoms with van der Waals surface area (Å²) in [4.78, 5) is 39.3. The van der Waals surface area contributed by atoms with Gasteiger partial charge in [0.2, 0.25) is 11.8 Å². The summed E-state index contributed by atoms with van der Waals surface area (Å²) in [7, 11) is 0. The van der Waals surface area contributed by atoms with Crippen LogP contribution in [0, 0.1) is 0 Å². The van der Waals surface area contributed by atoms with Crippen molar-refractivity contribution in [1.29, 1.82) is 0 Å². The molecular formula is C20H25N3O5S. The molecule has 156 valence electrons. The van der Waals surface area contributed by atoms with Crippen molar-refractivity contribution in [1.82, 2.24) is 10.2 Å². The predicted molar refractivity (Wildman–Crippen MR) is 109 cm³/mol. The molecule has 0 aromatic heterocycles. The molecule has 4 atom stereocenters. The first-order valence-electron chi connectivity index (χ1n) is 9.19. The zero-order valence-electron chi connectivity index (χ0n) is 16.5. The second-order valence-electron chi connectivity index (χ2n) is 8.10. The number of phenols is 1. The van der Waals surface area contributed by atoms with Gasteiger partial charge in [-0.3, -0.25) is 9.59 Å². The van der Waals surface area contributed by atoms with Gasteiger partial charge in [-0.1, -0.05) is 18.7 Å². The minimum absolute atomic E-state index is 0.00167. The van der Waals surface area contributed by atoms with E-state index in [1.165, 1.54) is 28.8 Å². The SMILES string of the molecule is C=C1CS[C@H]2C(NC(=O)C(N)c3cccc(O)c3)C(=O)N2C1C(=O)OC(C)(C)C. The van der Waals surface area contributed by atoms with Crippen molar-refractivity contribution in [2.45, 2.75) is 49.9 Å². The number of phenolic OH excluding ortho intramolecular Hbond substituents is 1. The Morgan fingerprint density at radius 2 is 2.10 bits per heavy atom. The molecule has 2 aliphatic heterocycles. The fraction of sp³-hybridized carbons (Fsp3) is 0.450. The smallest absolute Gasteiger partial charge is 0.333 e. The van der Waals surface area contributed by atoms with Crippen LogP contribution in [0.5, 0.6) is 5.75 Å². The number of amides is 2. The highest BCUT2D eigenvalue weighted by Gasteiger charge is 2.57. The standard InChI is InChI=1S/C20H25N3O5S/c1-10-9-29-18-14(17(26)23(18)15(10)19(27)28-20(2,3)4)22-16(25)13(21)11-6-5-7-12(24)8-11/h5-8,13-15,18,24H,1,9,21H2,2-4H3,(H,22,25)/t13?,14?,15?,18-/m0/s1. The summed E-state index contributed by atoms with van der Waals surface area (Å²) < 4.78 is 5.44. The van der Waals surface area contributed by atoms with Gasteiger partial charge in [0.25, 0.3) is 0 Å². The molecule has 0 aliphatic carbocycles. The molecule has 29 heavy (non-hydrogen) atoms. The van der Waals surface area contributed by atoms with E-state index in [0.29, 0.717) is 16.9 Å². The van der Waals surface area contributed by atoms with Gasteiger partial charge >= 0.3 is 5.97 Å². The number of nitrogens with zero attached hydrogens (tertiary/aromatic N) is 1. The topological polar surface area (TPSA) is 122 Å². The van der Waals surface area contributed by atoms with Crippen molar-refractivity contribution < 1.29 is 24.2 Å². The molecule has 0 saturated carbocycles. The Morgan fingerprint density at radius 3 is 2.72 bits per heavy atom. The van der Waals surface area contributed by atoms with Crippen LogP contribution in [0.15, 0.2) is 36.4 Å². The van der Waals surface area contributed by atoms with Gasteiger partial charge in [0.15, 0.2) is 6.04 Å². The highest BCUT2D eigenvalue weighted by Crippen LogP contribution is 2.40. The van der Waals surface area contributed by atoms with Crippen LogP contribution in [0.1, 0.15) is 32.4 Å². The predicted octanol–water partition coefficient (Wildman–Crippen LogP) is 1.06. The zero-order chi connectivity index (χ0) is 21.5. The average Bonchev–Trinajstić information content (AvgIpc) is 2.63. The Hall–Kier alpha value is -2.52. The molecule has 1 aromatic rings. The second-order valence-corrected chi connectivity index (χ2v) is 9.21. The zero-order valence-corrected chi connectivity index (χ0v) is 17.4. The van der Waals surface area contributed by atoms with Crippen LogP contribution in [0.3, 0.4) is 0 Å². The number of hydrogen-bond donors (Lipinski definition) is 3. The Labute approximate surface area is 173 Å². The van der Waals surface area contributed by atoms with Crippen LogP contribution in [-0.2, 0) is 19.1 Å². The lowest BCUT2D eigenvalue weighted by Crippen LogP contribution is -2.75. The number of aromatic hydroxyl groups is 1. The third kappa shape index (κ3) is 4.25. The molecule has 3 rings (SSSR count). The molecule has 8 nitrogen and oxygen atoms in total. The van der Waals surface area contributed by atoms with Crippen LogP contribution in [0.4, 0.5) is 0 Å². The van der Waals surface area contributed by atoms with Crippen molar-refractivity contribution >= 4 is 29.5 Å². The van der Waals surface area contributed by atoms with Crippen molar-refractivity contribution in [3.05, 3.63) is 42.0 Å². The Balaban J connectivity index is 1.70. The van der Waals surface area contributed by atoms with Gasteiger partial charge in [0.05, 0.1) is 0 Å². The number of thioether (sulfide) groups is 1. The van der Waals surface area contributed by atoms with Gasteiger partial charge in [-0.25, -0.2) is 4.79 Å². The number of fused-ring (bicyclic) bond motifs is 1. The first-order valence-corrected chi connectivity index (χ1v) is 10.2. The molecule has 2 saturated heterocycles. The summed E-state index contributed by atoms with van der Waals surface area (Å²) in [5.41, 5.74) is 6.31. The van der Waals surface area contributed by atoms with Crippen LogP contribution < -0.4 is 11.1 Å². The lowest BCUT2D eigenvalue weighted by atomic mass is 9.97. The summed E-state index contributed by atoms with van der Waals surface area (Å²) in [5.74, 6) is -0.966. The van der Waals surface area contributed by atoms with E-state index in [1.807, 2.05) is 0 Å². The quantitative estimate of drug-likeness (QED) is 0.379. The summed E-state index contributed by atoms with van der Waals surface area (Å²) in [5, 5.41) is 11.8. The van der Waals surface area contributed by atoms with E-state index in [0.717, 1.165) is 0 Å². The molecule has 0 radical (unpaired) electrons. The van der Waals surface area contributed by atoms with E-state index in [-0.39, 0.29) is 11.7 Å². The second kappa shape index (κ2) is 7.72. The van der Waals surface area contributed by atoms with E-state index in [1.54, 1.807) is 32.9 Å². The maximum atomic E-state index is 12.7. The van der Waals surface area contributed by atoms with Crippen LogP contribution >= 0.6 is 11.8 Å². The maximum Gasteiger partial charge on any atom is 0.333 e. The fourth-order valence-electron chi connectivity index (χ4n) is 3.29. The Bertz CT molecular complexity index is 866. The van der Waals surface area contributed by atoms with Gasteiger partial charge in [-0.2, -0.15) is 0 Å². The van der Waals surface area contributed by atoms with Gasteiger partial charge in [-0.15, -0.1) is 11.8 Å². The molecule has 2 aliphatic rings. The third-order valence-corrected chi connectivity index (χ3v) is 6.00. The lowest BCUT2D eigenvalue weighted by molar-refractivity contribution is -0.170. The number of esters is 1. The minimum atomic E-state index is -1.03. The number of nitrogens with two attached hydrogens (primary N) is 1. The van der Waals surface area contributed by atoms with Gasteiger partial charge in [0, 0.05) is 5.75 Å². The average molecular weight is 420 g/mol. The molecule has 1 aromatic carbocycles. The highest BCUT2D eigenvalue weighted by atomic mass is 32.2. The monoisotopic (exact) mass is 419 g/mol. The number of carbonyl (C=O) groups is 3. The number of carbonyl (C=O) groups excluding carboxylic acids is 3. The largest absolute Gasteiger partial charge is 0.508 e. The minimum Gasteiger partial charge on any atom is -0.508 e. The van der Waals surface area contributed by atoms with E-state index >= 15 is 0 Å². The molecule has 9 heteroatoms. The summed E-state index contributed by atoms with van der Waals surface area (Å²) in [6, 6.07) is 3.41. The summed E-state index contributed by atoms with van der Waals surface area (Å²) in [6.07, 6.45) is 0. The highest BCUT2D eigenvalue weighted by molar-refractivity contribution is 8.00. The number of nitrogens with one attached hydrogen (secondary N) is 1. The van der Waals surface area contributed by atoms with Crippen LogP contribution in [0.2, 0.25) is 0 Å². The molecule has 3 unspecified atom stereocenters. The number of benzene rings is 1. The third-order valence-electron chi connectivity index (χ3n) is 4.62. The molecule has 2 fully saturated rings. The molecule has 0 spiro atoms. The number of ether oxygens (including phenoxy) is 1. The molecule has 2 heterocycles. The number of β-lactam (4-membered cyclic amide) rings is 1. The van der Waals surface area contributed by atoms with Crippen molar-refractivity contribution in [3.8, 4) is 5.75 Å². The first-order chi connectivity index (χ1) is 13.5. The van der Waals surface area contributed by atoms with Gasteiger partial charge < -0.3 is 25.8 Å². The molecule has 2 amide bonds. The normalized spacial score (nSPS) is 25.0.